The molecule has 0 aromatic heterocycles. The first-order chi connectivity index (χ1) is 10.4. The molecule has 5 nitrogen and oxygen atoms in total. The van der Waals surface area contributed by atoms with Gasteiger partial charge in [0.15, 0.2) is 0 Å². The summed E-state index contributed by atoms with van der Waals surface area (Å²) in [5, 5.41) is 0.630. The van der Waals surface area contributed by atoms with Crippen molar-refractivity contribution in [1.29, 1.82) is 0 Å². The number of rotatable bonds is 1. The van der Waals surface area contributed by atoms with Crippen LogP contribution in [0.4, 0.5) is 5.69 Å². The van der Waals surface area contributed by atoms with Crippen molar-refractivity contribution >= 4 is 45.1 Å². The van der Waals surface area contributed by atoms with Crippen LogP contribution in [-0.2, 0) is 0 Å². The van der Waals surface area contributed by atoms with E-state index >= 15 is 0 Å². The number of hydrogen-bond acceptors (Lipinski definition) is 5. The van der Waals surface area contributed by atoms with Gasteiger partial charge in [-0.1, -0.05) is 34.0 Å². The number of benzene rings is 1. The lowest BCUT2D eigenvalue weighted by Crippen LogP contribution is -2.58. The van der Waals surface area contributed by atoms with Gasteiger partial charge in [-0.25, -0.2) is 4.99 Å². The highest BCUT2D eigenvalue weighted by Gasteiger charge is 2.43. The van der Waals surface area contributed by atoms with Crippen LogP contribution in [0.3, 0.4) is 0 Å². The molecule has 0 radical (unpaired) electrons. The molecule has 0 atom stereocenters. The Morgan fingerprint density at radius 3 is 2.55 bits per heavy atom. The van der Waals surface area contributed by atoms with E-state index < -0.39 is 5.66 Å². The fraction of sp³-hybridized carbons (Fsp3) is 0.467. The van der Waals surface area contributed by atoms with Gasteiger partial charge in [0.05, 0.1) is 10.7 Å². The maximum absolute atomic E-state index is 6.51. The van der Waals surface area contributed by atoms with E-state index in [1.54, 1.807) is 0 Å². The molecule has 1 aromatic rings. The van der Waals surface area contributed by atoms with Gasteiger partial charge in [-0.05, 0) is 50.3 Å². The highest BCUT2D eigenvalue weighted by molar-refractivity contribution is 9.10. The van der Waals surface area contributed by atoms with Crippen LogP contribution >= 0.6 is 27.5 Å². The third-order valence-electron chi connectivity index (χ3n) is 4.29. The monoisotopic (exact) mass is 383 g/mol. The van der Waals surface area contributed by atoms with Gasteiger partial charge in [0.1, 0.15) is 5.66 Å². The number of halogens is 2. The summed E-state index contributed by atoms with van der Waals surface area (Å²) in [6, 6.07) is 3.89. The number of aliphatic imine (C=N–C) groups is 2. The molecule has 2 aliphatic rings. The van der Waals surface area contributed by atoms with Gasteiger partial charge >= 0.3 is 0 Å². The molecule has 1 fully saturated rings. The fourth-order valence-corrected chi connectivity index (χ4v) is 4.48. The lowest BCUT2D eigenvalue weighted by Gasteiger charge is -2.46. The second kappa shape index (κ2) is 5.74. The number of hydrogen-bond donors (Lipinski definition) is 2. The average Bonchev–Trinajstić information content (AvgIpc) is 2.41. The quantitative estimate of drug-likeness (QED) is 0.777. The minimum absolute atomic E-state index is 0.251. The number of nitrogens with zero attached hydrogens (tertiary/aromatic N) is 3. The van der Waals surface area contributed by atoms with E-state index in [0.717, 1.165) is 41.4 Å². The summed E-state index contributed by atoms with van der Waals surface area (Å²) < 4.78 is 0.937. The first-order valence-corrected chi connectivity index (χ1v) is 8.55. The average molecular weight is 385 g/mol. The second-order valence-electron chi connectivity index (χ2n) is 5.87. The molecule has 1 aliphatic carbocycles. The molecule has 1 saturated carbocycles. The molecular weight excluding hydrogens is 366 g/mol. The fourth-order valence-electron chi connectivity index (χ4n) is 3.42. The Labute approximate surface area is 143 Å². The summed E-state index contributed by atoms with van der Waals surface area (Å²) >= 11 is 9.98. The van der Waals surface area contributed by atoms with Crippen molar-refractivity contribution in [2.24, 2.45) is 21.5 Å². The number of guanidine groups is 2. The van der Waals surface area contributed by atoms with Crippen molar-refractivity contribution in [3.8, 4) is 0 Å². The zero-order valence-electron chi connectivity index (χ0n) is 12.4. The molecule has 1 spiro atoms. The summed E-state index contributed by atoms with van der Waals surface area (Å²) in [6.45, 7) is 2.01. The van der Waals surface area contributed by atoms with Crippen molar-refractivity contribution in [2.45, 2.75) is 44.7 Å². The van der Waals surface area contributed by atoms with Crippen LogP contribution in [0.2, 0.25) is 5.02 Å². The predicted molar refractivity (Wildman–Crippen MR) is 95.4 cm³/mol. The second-order valence-corrected chi connectivity index (χ2v) is 7.19. The van der Waals surface area contributed by atoms with Crippen molar-refractivity contribution in [3.63, 3.8) is 0 Å². The molecule has 0 bridgehead atoms. The molecule has 0 amide bonds. The summed E-state index contributed by atoms with van der Waals surface area (Å²) in [5.41, 5.74) is 13.5. The van der Waals surface area contributed by atoms with Gasteiger partial charge in [-0.2, -0.15) is 4.99 Å². The van der Waals surface area contributed by atoms with E-state index in [1.165, 1.54) is 6.42 Å². The molecule has 22 heavy (non-hydrogen) atoms. The van der Waals surface area contributed by atoms with Crippen LogP contribution < -0.4 is 16.4 Å². The number of aryl methyl sites for hydroxylation is 1. The van der Waals surface area contributed by atoms with Gasteiger partial charge < -0.3 is 11.5 Å². The lowest BCUT2D eigenvalue weighted by molar-refractivity contribution is 0.305. The standard InChI is InChI=1S/C15H19BrClN5/c1-9-7-10(16)8-11(17)12(9)22-14(19)20-13(18)21-15(22)5-3-2-4-6-15/h7-8H,2-6H2,1H3,(H4,18,19,20,21). The molecule has 1 aliphatic heterocycles. The third kappa shape index (κ3) is 2.58. The van der Waals surface area contributed by atoms with Crippen LogP contribution in [0, 0.1) is 6.92 Å². The predicted octanol–water partition coefficient (Wildman–Crippen LogP) is 3.52. The molecule has 0 saturated heterocycles. The van der Waals surface area contributed by atoms with Crippen LogP contribution in [0.25, 0.3) is 0 Å². The third-order valence-corrected chi connectivity index (χ3v) is 5.04. The van der Waals surface area contributed by atoms with Crippen molar-refractivity contribution in [3.05, 3.63) is 27.2 Å². The molecule has 1 aromatic carbocycles. The zero-order valence-corrected chi connectivity index (χ0v) is 14.8. The van der Waals surface area contributed by atoms with Gasteiger partial charge in [0.25, 0.3) is 0 Å². The van der Waals surface area contributed by atoms with E-state index in [0.29, 0.717) is 11.0 Å². The zero-order chi connectivity index (χ0) is 15.9. The van der Waals surface area contributed by atoms with Gasteiger partial charge in [0.2, 0.25) is 11.9 Å². The molecule has 118 valence electrons. The van der Waals surface area contributed by atoms with Crippen LogP contribution in [-0.4, -0.2) is 17.6 Å². The van der Waals surface area contributed by atoms with E-state index in [1.807, 2.05) is 24.0 Å². The molecule has 7 heteroatoms. The van der Waals surface area contributed by atoms with Crippen LogP contribution in [0.1, 0.15) is 37.7 Å². The summed E-state index contributed by atoms with van der Waals surface area (Å²) in [6.07, 6.45) is 5.18. The maximum atomic E-state index is 6.51. The van der Waals surface area contributed by atoms with Gasteiger partial charge in [-0.3, -0.25) is 4.90 Å². The molecule has 3 rings (SSSR count). The van der Waals surface area contributed by atoms with Gasteiger partial charge in [0, 0.05) is 4.47 Å². The summed E-state index contributed by atoms with van der Waals surface area (Å²) in [5.74, 6) is 0.614. The van der Waals surface area contributed by atoms with Crippen molar-refractivity contribution in [2.75, 3.05) is 4.90 Å². The van der Waals surface area contributed by atoms with E-state index in [-0.39, 0.29) is 5.96 Å². The van der Waals surface area contributed by atoms with Crippen LogP contribution in [0.15, 0.2) is 26.6 Å². The molecule has 0 unspecified atom stereocenters. The smallest absolute Gasteiger partial charge is 0.220 e. The lowest BCUT2D eigenvalue weighted by atomic mass is 9.87. The van der Waals surface area contributed by atoms with Crippen molar-refractivity contribution in [1.82, 2.24) is 0 Å². The Morgan fingerprint density at radius 2 is 1.91 bits per heavy atom. The Kier molecular flexibility index (Phi) is 4.07. The normalized spacial score (nSPS) is 20.8. The first kappa shape index (κ1) is 15.6. The number of anilines is 1. The van der Waals surface area contributed by atoms with E-state index in [4.69, 9.17) is 23.1 Å². The Bertz CT molecular complexity index is 641. The SMILES string of the molecule is Cc1cc(Br)cc(Cl)c1N1C(N)=NC(N)=NC12CCCCC2. The number of nitrogens with two attached hydrogens (primary N) is 2. The van der Waals surface area contributed by atoms with Gasteiger partial charge in [-0.15, -0.1) is 0 Å². The Hall–Kier alpha value is -1.27. The van der Waals surface area contributed by atoms with E-state index in [9.17, 15) is 0 Å². The largest absolute Gasteiger partial charge is 0.369 e. The van der Waals surface area contributed by atoms with Crippen molar-refractivity contribution < 1.29 is 0 Å². The Morgan fingerprint density at radius 1 is 1.23 bits per heavy atom. The maximum Gasteiger partial charge on any atom is 0.220 e. The highest BCUT2D eigenvalue weighted by Crippen LogP contribution is 2.43. The Balaban J connectivity index is 2.16. The minimum Gasteiger partial charge on any atom is -0.369 e. The molecular formula is C15H19BrClN5. The van der Waals surface area contributed by atoms with E-state index in [2.05, 4.69) is 25.9 Å². The topological polar surface area (TPSA) is 80.0 Å². The summed E-state index contributed by atoms with van der Waals surface area (Å²) in [4.78, 5) is 10.8. The van der Waals surface area contributed by atoms with Crippen LogP contribution in [0.5, 0.6) is 0 Å². The molecule has 4 N–H and O–H groups in total. The summed E-state index contributed by atoms with van der Waals surface area (Å²) in [7, 11) is 0. The highest BCUT2D eigenvalue weighted by atomic mass is 79.9. The minimum atomic E-state index is -0.462. The molecule has 1 heterocycles. The first-order valence-electron chi connectivity index (χ1n) is 7.38.